The molecule has 2 aromatic carbocycles. The highest BCUT2D eigenvalue weighted by Gasteiger charge is 1.95. The topological polar surface area (TPSA) is 0 Å². The van der Waals surface area contributed by atoms with Gasteiger partial charge in [0.25, 0.3) is 0 Å². The number of rotatable bonds is 0. The fourth-order valence-electron chi connectivity index (χ4n) is 1.47. The summed E-state index contributed by atoms with van der Waals surface area (Å²) in [6.45, 7) is 8.56. The fraction of sp³-hybridized carbons (Fsp3) is 0.333. The summed E-state index contributed by atoms with van der Waals surface area (Å²) < 4.78 is 0. The highest BCUT2D eigenvalue weighted by molar-refractivity contribution is 5.83. The first-order valence-corrected chi connectivity index (χ1v) is 5.65. The van der Waals surface area contributed by atoms with Gasteiger partial charge in [-0.2, -0.15) is 0 Å². The van der Waals surface area contributed by atoms with E-state index in [1.807, 2.05) is 0 Å². The van der Waals surface area contributed by atoms with Crippen molar-refractivity contribution in [3.8, 4) is 0 Å². The molecule has 0 bridgehead atoms. The van der Waals surface area contributed by atoms with Crippen molar-refractivity contribution in [2.45, 2.75) is 34.1 Å². The fourth-order valence-corrected chi connectivity index (χ4v) is 1.47. The van der Waals surface area contributed by atoms with Crippen LogP contribution in [0.15, 0.2) is 36.4 Å². The lowest BCUT2D eigenvalue weighted by Gasteiger charge is -2.02. The SMILES string of the molecule is CCC.Cc1cc2ccccc2cc1C. The van der Waals surface area contributed by atoms with Crippen molar-refractivity contribution in [1.29, 1.82) is 0 Å². The van der Waals surface area contributed by atoms with Crippen molar-refractivity contribution in [2.75, 3.05) is 0 Å². The second-order valence-corrected chi connectivity index (χ2v) is 3.99. The van der Waals surface area contributed by atoms with Crippen molar-refractivity contribution in [3.05, 3.63) is 47.5 Å². The van der Waals surface area contributed by atoms with Gasteiger partial charge in [0, 0.05) is 0 Å². The lowest BCUT2D eigenvalue weighted by Crippen LogP contribution is -1.80. The molecule has 2 rings (SSSR count). The largest absolute Gasteiger partial charge is 0.0656 e. The van der Waals surface area contributed by atoms with Gasteiger partial charge in [0.05, 0.1) is 0 Å². The maximum atomic E-state index is 2.24. The third-order valence-electron chi connectivity index (χ3n) is 2.36. The maximum absolute atomic E-state index is 2.24. The van der Waals surface area contributed by atoms with Gasteiger partial charge in [-0.15, -0.1) is 0 Å². The number of fused-ring (bicyclic) bond motifs is 1. The molecule has 0 aliphatic rings. The second kappa shape index (κ2) is 5.55. The molecule has 0 heterocycles. The van der Waals surface area contributed by atoms with E-state index in [1.54, 1.807) is 0 Å². The average molecular weight is 200 g/mol. The Bertz CT molecular complexity index is 386. The standard InChI is InChI=1S/C12H12.C3H8/c1-9-7-11-5-3-4-6-12(11)8-10(9)2;1-3-2/h3-8H,1-2H3;3H2,1-2H3. The highest BCUT2D eigenvalue weighted by Crippen LogP contribution is 2.18. The molecule has 0 spiro atoms. The predicted molar refractivity (Wildman–Crippen MR) is 69.4 cm³/mol. The first-order chi connectivity index (χ1) is 7.19. The molecule has 0 saturated carbocycles. The Morgan fingerprint density at radius 3 is 1.47 bits per heavy atom. The van der Waals surface area contributed by atoms with Crippen molar-refractivity contribution in [3.63, 3.8) is 0 Å². The van der Waals surface area contributed by atoms with Crippen LogP contribution in [-0.4, -0.2) is 0 Å². The summed E-state index contributed by atoms with van der Waals surface area (Å²) >= 11 is 0. The predicted octanol–water partition coefficient (Wildman–Crippen LogP) is 4.87. The molecule has 15 heavy (non-hydrogen) atoms. The molecule has 0 aliphatic heterocycles. The van der Waals surface area contributed by atoms with E-state index in [1.165, 1.54) is 28.3 Å². The summed E-state index contributed by atoms with van der Waals surface area (Å²) in [4.78, 5) is 0. The van der Waals surface area contributed by atoms with Gasteiger partial charge in [0.1, 0.15) is 0 Å². The van der Waals surface area contributed by atoms with Gasteiger partial charge in [0.2, 0.25) is 0 Å². The van der Waals surface area contributed by atoms with Crippen molar-refractivity contribution in [2.24, 2.45) is 0 Å². The molecule has 0 unspecified atom stereocenters. The van der Waals surface area contributed by atoms with Crippen LogP contribution < -0.4 is 0 Å². The minimum atomic E-state index is 1.25. The van der Waals surface area contributed by atoms with E-state index in [0.29, 0.717) is 0 Å². The van der Waals surface area contributed by atoms with Gasteiger partial charge in [-0.25, -0.2) is 0 Å². The Kier molecular flexibility index (Phi) is 4.36. The van der Waals surface area contributed by atoms with Crippen LogP contribution >= 0.6 is 0 Å². The molecule has 80 valence electrons. The molecule has 0 heteroatoms. The quantitative estimate of drug-likeness (QED) is 0.569. The average Bonchev–Trinajstić information content (AvgIpc) is 2.21. The molecule has 0 radical (unpaired) electrons. The molecular formula is C15H20. The lowest BCUT2D eigenvalue weighted by molar-refractivity contribution is 1.09. The molecule has 2 aromatic rings. The molecule has 0 aromatic heterocycles. The Morgan fingerprint density at radius 2 is 1.13 bits per heavy atom. The normalized spacial score (nSPS) is 9.60. The Labute approximate surface area is 92.9 Å². The Balaban J connectivity index is 0.000000337. The Morgan fingerprint density at radius 1 is 0.800 bits per heavy atom. The van der Waals surface area contributed by atoms with E-state index in [0.717, 1.165) is 0 Å². The number of aryl methyl sites for hydroxylation is 2. The minimum absolute atomic E-state index is 1.25. The molecular weight excluding hydrogens is 180 g/mol. The zero-order valence-electron chi connectivity index (χ0n) is 10.2. The minimum Gasteiger partial charge on any atom is -0.0656 e. The number of hydrogen-bond acceptors (Lipinski definition) is 0. The lowest BCUT2D eigenvalue weighted by atomic mass is 10.0. The van der Waals surface area contributed by atoms with Gasteiger partial charge >= 0.3 is 0 Å². The number of hydrogen-bond donors (Lipinski definition) is 0. The maximum Gasteiger partial charge on any atom is -0.0181 e. The molecule has 0 atom stereocenters. The van der Waals surface area contributed by atoms with Gasteiger partial charge in [-0.1, -0.05) is 56.7 Å². The summed E-state index contributed by atoms with van der Waals surface area (Å²) in [6.07, 6.45) is 1.25. The van der Waals surface area contributed by atoms with Gasteiger partial charge in [0.15, 0.2) is 0 Å². The third-order valence-corrected chi connectivity index (χ3v) is 2.36. The van der Waals surface area contributed by atoms with Crippen LogP contribution in [0.4, 0.5) is 0 Å². The van der Waals surface area contributed by atoms with E-state index < -0.39 is 0 Å². The smallest absolute Gasteiger partial charge is 0.0181 e. The summed E-state index contributed by atoms with van der Waals surface area (Å²) in [6, 6.07) is 13.0. The third kappa shape index (κ3) is 3.09. The second-order valence-electron chi connectivity index (χ2n) is 3.99. The van der Waals surface area contributed by atoms with Gasteiger partial charge in [-0.05, 0) is 35.7 Å². The van der Waals surface area contributed by atoms with Crippen LogP contribution in [-0.2, 0) is 0 Å². The summed E-state index contributed by atoms with van der Waals surface area (Å²) in [7, 11) is 0. The van der Waals surface area contributed by atoms with Gasteiger partial charge < -0.3 is 0 Å². The molecule has 0 aliphatic carbocycles. The van der Waals surface area contributed by atoms with Crippen LogP contribution in [0.5, 0.6) is 0 Å². The monoisotopic (exact) mass is 200 g/mol. The van der Waals surface area contributed by atoms with E-state index in [4.69, 9.17) is 0 Å². The van der Waals surface area contributed by atoms with Crippen LogP contribution in [0.3, 0.4) is 0 Å². The molecule has 0 amide bonds. The van der Waals surface area contributed by atoms with Crippen molar-refractivity contribution < 1.29 is 0 Å². The summed E-state index contributed by atoms with van der Waals surface area (Å²) in [5.74, 6) is 0. The van der Waals surface area contributed by atoms with Crippen LogP contribution in [0.2, 0.25) is 0 Å². The van der Waals surface area contributed by atoms with Crippen LogP contribution in [0.1, 0.15) is 31.4 Å². The first kappa shape index (κ1) is 11.8. The zero-order chi connectivity index (χ0) is 11.3. The Hall–Kier alpha value is -1.30. The zero-order valence-corrected chi connectivity index (χ0v) is 10.2. The van der Waals surface area contributed by atoms with Gasteiger partial charge in [-0.3, -0.25) is 0 Å². The molecule has 0 saturated heterocycles. The van der Waals surface area contributed by atoms with E-state index in [9.17, 15) is 0 Å². The van der Waals surface area contributed by atoms with E-state index >= 15 is 0 Å². The van der Waals surface area contributed by atoms with E-state index in [-0.39, 0.29) is 0 Å². The number of benzene rings is 2. The first-order valence-electron chi connectivity index (χ1n) is 5.65. The molecule has 0 fully saturated rings. The van der Waals surface area contributed by atoms with Crippen LogP contribution in [0.25, 0.3) is 10.8 Å². The summed E-state index contributed by atoms with van der Waals surface area (Å²) in [5, 5.41) is 2.67. The van der Waals surface area contributed by atoms with Crippen molar-refractivity contribution in [1.82, 2.24) is 0 Å². The summed E-state index contributed by atoms with van der Waals surface area (Å²) in [5.41, 5.74) is 2.74. The van der Waals surface area contributed by atoms with E-state index in [2.05, 4.69) is 64.1 Å². The highest BCUT2D eigenvalue weighted by atomic mass is 14.0. The molecule has 0 N–H and O–H groups in total. The van der Waals surface area contributed by atoms with Crippen molar-refractivity contribution >= 4 is 10.8 Å². The van der Waals surface area contributed by atoms with Crippen LogP contribution in [0, 0.1) is 13.8 Å². The molecule has 0 nitrogen and oxygen atoms in total.